The largest absolute Gasteiger partial charge is 0.472 e. The lowest BCUT2D eigenvalue weighted by Gasteiger charge is -2.20. The van der Waals surface area contributed by atoms with E-state index < -0.39 is 51.8 Å². The van der Waals surface area contributed by atoms with E-state index in [9.17, 15) is 24.2 Å². The Morgan fingerprint density at radius 2 is 0.956 bits per heavy atom. The summed E-state index contributed by atoms with van der Waals surface area (Å²) in [6.07, 6.45) is 23.6. The lowest BCUT2D eigenvalue weighted by atomic mass is 10.1. The molecule has 0 amide bonds. The molecule has 0 aliphatic carbocycles. The minimum atomic E-state index is -4.60. The zero-order chi connectivity index (χ0) is 33.4. The molecule has 0 rings (SSSR count). The van der Waals surface area contributed by atoms with Crippen molar-refractivity contribution in [2.45, 2.75) is 180 Å². The summed E-state index contributed by atoms with van der Waals surface area (Å²) in [7, 11) is -4.60. The lowest BCUT2D eigenvalue weighted by Crippen LogP contribution is -2.29. The van der Waals surface area contributed by atoms with Gasteiger partial charge in [0.1, 0.15) is 12.7 Å². The average molecular weight is 667 g/mol. The van der Waals surface area contributed by atoms with Crippen molar-refractivity contribution in [3.8, 4) is 0 Å². The van der Waals surface area contributed by atoms with Gasteiger partial charge in [-0.05, 0) is 12.8 Å². The van der Waals surface area contributed by atoms with Gasteiger partial charge in [0.15, 0.2) is 6.10 Å². The van der Waals surface area contributed by atoms with Crippen LogP contribution in [0, 0.1) is 0 Å². The number of hydrogen-bond donors (Lipinski definition) is 3. The fourth-order valence-electron chi connectivity index (χ4n) is 4.93. The Balaban J connectivity index is 4.39. The van der Waals surface area contributed by atoms with E-state index in [1.807, 2.05) is 0 Å². The predicted octanol–water partition coefficient (Wildman–Crippen LogP) is 8.33. The molecule has 0 aromatic rings. The first kappa shape index (κ1) is 44.0. The first-order valence-electron chi connectivity index (χ1n) is 18.0. The molecule has 0 aromatic carbocycles. The van der Waals surface area contributed by atoms with Gasteiger partial charge in [0, 0.05) is 12.8 Å². The van der Waals surface area contributed by atoms with Gasteiger partial charge in [0.05, 0.1) is 19.8 Å². The number of phosphoric acid groups is 1. The monoisotopic (exact) mass is 666 g/mol. The number of aliphatic hydroxyl groups is 2. The number of carbonyl (C=O) groups excluding carboxylic acids is 2. The maximum Gasteiger partial charge on any atom is 0.472 e. The molecule has 0 aliphatic heterocycles. The van der Waals surface area contributed by atoms with Crippen LogP contribution in [0.3, 0.4) is 0 Å². The van der Waals surface area contributed by atoms with Gasteiger partial charge >= 0.3 is 19.8 Å². The Morgan fingerprint density at radius 3 is 1.38 bits per heavy atom. The van der Waals surface area contributed by atoms with E-state index in [0.717, 1.165) is 38.5 Å². The molecule has 45 heavy (non-hydrogen) atoms. The summed E-state index contributed by atoms with van der Waals surface area (Å²) in [5.74, 6) is -0.919. The Morgan fingerprint density at radius 1 is 0.578 bits per heavy atom. The van der Waals surface area contributed by atoms with E-state index in [1.54, 1.807) is 0 Å². The van der Waals surface area contributed by atoms with Crippen LogP contribution < -0.4 is 0 Å². The van der Waals surface area contributed by atoms with Crippen molar-refractivity contribution < 1.29 is 47.8 Å². The smallest absolute Gasteiger partial charge is 0.462 e. The minimum absolute atomic E-state index is 0.191. The predicted molar refractivity (Wildman–Crippen MR) is 178 cm³/mol. The summed E-state index contributed by atoms with van der Waals surface area (Å²) in [6.45, 7) is 2.35. The molecule has 3 atom stereocenters. The van der Waals surface area contributed by atoms with Crippen LogP contribution in [0.2, 0.25) is 0 Å². The molecule has 0 bridgehead atoms. The Bertz CT molecular complexity index is 736. The molecule has 2 unspecified atom stereocenters. The first-order chi connectivity index (χ1) is 21.7. The highest BCUT2D eigenvalue weighted by Crippen LogP contribution is 2.43. The Hall–Kier alpha value is -1.03. The van der Waals surface area contributed by atoms with Gasteiger partial charge in [0.25, 0.3) is 0 Å². The van der Waals surface area contributed by atoms with Gasteiger partial charge in [-0.1, -0.05) is 142 Å². The molecule has 268 valence electrons. The van der Waals surface area contributed by atoms with E-state index in [1.165, 1.54) is 89.9 Å². The second-order valence-electron chi connectivity index (χ2n) is 12.3. The van der Waals surface area contributed by atoms with Gasteiger partial charge < -0.3 is 24.6 Å². The summed E-state index contributed by atoms with van der Waals surface area (Å²) >= 11 is 0. The zero-order valence-corrected chi connectivity index (χ0v) is 29.5. The molecule has 0 fully saturated rings. The third-order valence-electron chi connectivity index (χ3n) is 7.76. The van der Waals surface area contributed by atoms with Gasteiger partial charge in [0.2, 0.25) is 0 Å². The molecule has 10 nitrogen and oxygen atoms in total. The number of carbonyl (C=O) groups is 2. The normalized spacial score (nSPS) is 14.2. The van der Waals surface area contributed by atoms with E-state index in [2.05, 4.69) is 18.4 Å². The van der Waals surface area contributed by atoms with Crippen LogP contribution >= 0.6 is 7.82 Å². The van der Waals surface area contributed by atoms with Crippen molar-refractivity contribution in [1.82, 2.24) is 0 Å². The van der Waals surface area contributed by atoms with E-state index >= 15 is 0 Å². The van der Waals surface area contributed by atoms with Gasteiger partial charge in [-0.25, -0.2) is 4.57 Å². The van der Waals surface area contributed by atoms with Crippen molar-refractivity contribution in [2.75, 3.05) is 26.4 Å². The molecule has 0 aliphatic rings. The molecule has 0 aromatic heterocycles. The highest BCUT2D eigenvalue weighted by atomic mass is 31.2. The van der Waals surface area contributed by atoms with E-state index in [0.29, 0.717) is 12.8 Å². The summed E-state index contributed by atoms with van der Waals surface area (Å²) in [5, 5.41) is 18.2. The van der Waals surface area contributed by atoms with E-state index in [4.69, 9.17) is 19.1 Å². The van der Waals surface area contributed by atoms with Crippen LogP contribution in [0.15, 0.2) is 0 Å². The maximum atomic E-state index is 12.5. The molecule has 0 spiro atoms. The van der Waals surface area contributed by atoms with E-state index in [-0.39, 0.29) is 19.4 Å². The van der Waals surface area contributed by atoms with Gasteiger partial charge in [-0.2, -0.15) is 0 Å². The SMILES string of the molecule is CCCCCCCCCCCCCC(=O)OC[C@H](COP(=O)(O)OCC(O)CO)OC(=O)CCCCCCCCCCCCC. The number of ether oxygens (including phenoxy) is 2. The average Bonchev–Trinajstić information content (AvgIpc) is 3.02. The summed E-state index contributed by atoms with van der Waals surface area (Å²) in [5.41, 5.74) is 0. The minimum Gasteiger partial charge on any atom is -0.462 e. The number of hydrogen-bond acceptors (Lipinski definition) is 9. The van der Waals surface area contributed by atoms with Crippen LogP contribution in [0.25, 0.3) is 0 Å². The van der Waals surface area contributed by atoms with Crippen LogP contribution in [0.4, 0.5) is 0 Å². The lowest BCUT2D eigenvalue weighted by molar-refractivity contribution is -0.161. The Labute approximate surface area is 273 Å². The molecule has 11 heteroatoms. The topological polar surface area (TPSA) is 149 Å². The number of unbranched alkanes of at least 4 members (excludes halogenated alkanes) is 20. The second-order valence-corrected chi connectivity index (χ2v) is 13.7. The van der Waals surface area contributed by atoms with Crippen LogP contribution in [-0.2, 0) is 32.7 Å². The van der Waals surface area contributed by atoms with Crippen molar-refractivity contribution in [3.05, 3.63) is 0 Å². The van der Waals surface area contributed by atoms with Gasteiger partial charge in [-0.3, -0.25) is 18.6 Å². The quantitative estimate of drug-likeness (QED) is 0.0348. The van der Waals surface area contributed by atoms with Gasteiger partial charge in [-0.15, -0.1) is 0 Å². The van der Waals surface area contributed by atoms with Crippen LogP contribution in [0.1, 0.15) is 168 Å². The molecule has 0 heterocycles. The third kappa shape index (κ3) is 31.3. The van der Waals surface area contributed by atoms with Crippen molar-refractivity contribution in [2.24, 2.45) is 0 Å². The number of aliphatic hydroxyl groups excluding tert-OH is 2. The fraction of sp³-hybridized carbons (Fsp3) is 0.941. The van der Waals surface area contributed by atoms with Crippen LogP contribution in [-0.4, -0.2) is 65.7 Å². The Kier molecular flexibility index (Phi) is 30.8. The number of esters is 2. The van der Waals surface area contributed by atoms with Crippen molar-refractivity contribution in [1.29, 1.82) is 0 Å². The third-order valence-corrected chi connectivity index (χ3v) is 8.71. The molecule has 0 radical (unpaired) electrons. The summed E-state index contributed by atoms with van der Waals surface area (Å²) in [6, 6.07) is 0. The van der Waals surface area contributed by atoms with Crippen LogP contribution in [0.5, 0.6) is 0 Å². The maximum absolute atomic E-state index is 12.5. The molecular weight excluding hydrogens is 599 g/mol. The zero-order valence-electron chi connectivity index (χ0n) is 28.6. The molecule has 0 saturated heterocycles. The number of phosphoric ester groups is 1. The van der Waals surface area contributed by atoms with Crippen molar-refractivity contribution in [3.63, 3.8) is 0 Å². The summed E-state index contributed by atoms with van der Waals surface area (Å²) in [4.78, 5) is 34.7. The highest BCUT2D eigenvalue weighted by Gasteiger charge is 2.27. The summed E-state index contributed by atoms with van der Waals surface area (Å²) < 4.78 is 32.5. The van der Waals surface area contributed by atoms with Crippen molar-refractivity contribution >= 4 is 19.8 Å². The number of rotatable bonds is 34. The first-order valence-corrected chi connectivity index (χ1v) is 19.5. The second kappa shape index (κ2) is 31.6. The highest BCUT2D eigenvalue weighted by molar-refractivity contribution is 7.47. The fourth-order valence-corrected chi connectivity index (χ4v) is 5.72. The molecule has 0 saturated carbocycles. The molecular formula is C34H67O10P. The molecule has 3 N–H and O–H groups in total. The standard InChI is InChI=1S/C34H67O10P/c1-3-5-7-9-11-13-15-17-19-21-23-25-33(37)41-29-32(30-43-45(39,40)42-28-31(36)27-35)44-34(38)26-24-22-20-18-16-14-12-10-8-6-4-2/h31-32,35-36H,3-30H2,1-2H3,(H,39,40)/t31?,32-/m1/s1.